The van der Waals surface area contributed by atoms with Gasteiger partial charge in [0, 0.05) is 5.70 Å². The summed E-state index contributed by atoms with van der Waals surface area (Å²) >= 11 is 0. The molecule has 1 unspecified atom stereocenters. The number of hydrogen-bond donors (Lipinski definition) is 1. The Bertz CT molecular complexity index is 813. The number of fused-ring (bicyclic) bond motifs is 1. The van der Waals surface area contributed by atoms with Crippen molar-refractivity contribution in [3.05, 3.63) is 41.1 Å². The van der Waals surface area contributed by atoms with Crippen molar-refractivity contribution in [2.75, 3.05) is 18.5 Å². The molecule has 0 bridgehead atoms. The van der Waals surface area contributed by atoms with Crippen LogP contribution in [0.15, 0.2) is 35.5 Å². The van der Waals surface area contributed by atoms with Gasteiger partial charge < -0.3 is 14.8 Å². The van der Waals surface area contributed by atoms with Crippen molar-refractivity contribution in [3.8, 4) is 5.75 Å². The van der Waals surface area contributed by atoms with Gasteiger partial charge >= 0.3 is 5.97 Å². The smallest absolute Gasteiger partial charge is 0.338 e. The summed E-state index contributed by atoms with van der Waals surface area (Å²) in [6.45, 7) is 6.97. The minimum absolute atomic E-state index is 0.365. The van der Waals surface area contributed by atoms with Crippen LogP contribution in [0.4, 0.5) is 5.95 Å². The Morgan fingerprint density at radius 2 is 1.96 bits per heavy atom. The molecule has 8 nitrogen and oxygen atoms in total. The third-order valence-corrected chi connectivity index (χ3v) is 4.33. The van der Waals surface area contributed by atoms with Crippen LogP contribution in [0, 0.1) is 0 Å². The SMILES string of the molecule is CCCCOc1ccc(C2C(C(=O)OCCC)=C(C)Nc3nnnn32)cc1. The molecule has 3 rings (SSSR count). The van der Waals surface area contributed by atoms with Crippen LogP contribution in [-0.2, 0) is 9.53 Å². The van der Waals surface area contributed by atoms with E-state index in [9.17, 15) is 4.79 Å². The second-order valence-electron chi connectivity index (χ2n) is 6.42. The summed E-state index contributed by atoms with van der Waals surface area (Å²) < 4.78 is 12.7. The zero-order valence-corrected chi connectivity index (χ0v) is 15.9. The summed E-state index contributed by atoms with van der Waals surface area (Å²) in [6, 6.07) is 7.22. The molecule has 1 atom stereocenters. The molecule has 0 saturated heterocycles. The van der Waals surface area contributed by atoms with E-state index >= 15 is 0 Å². The van der Waals surface area contributed by atoms with Gasteiger partial charge in [-0.3, -0.25) is 0 Å². The molecule has 1 aliphatic heterocycles. The second kappa shape index (κ2) is 8.66. The lowest BCUT2D eigenvalue weighted by molar-refractivity contribution is -0.139. The monoisotopic (exact) mass is 371 g/mol. The van der Waals surface area contributed by atoms with Gasteiger partial charge in [-0.2, -0.15) is 4.68 Å². The predicted molar refractivity (Wildman–Crippen MR) is 100 cm³/mol. The highest BCUT2D eigenvalue weighted by Crippen LogP contribution is 2.35. The fraction of sp³-hybridized carbons (Fsp3) is 0.474. The number of benzene rings is 1. The molecule has 0 radical (unpaired) electrons. The summed E-state index contributed by atoms with van der Waals surface area (Å²) in [5.41, 5.74) is 2.07. The van der Waals surface area contributed by atoms with Crippen LogP contribution in [-0.4, -0.2) is 39.4 Å². The molecule has 8 heteroatoms. The Labute approximate surface area is 158 Å². The highest BCUT2D eigenvalue weighted by atomic mass is 16.5. The molecule has 1 aromatic heterocycles. The summed E-state index contributed by atoms with van der Waals surface area (Å²) in [5, 5.41) is 14.9. The van der Waals surface area contributed by atoms with E-state index in [0.717, 1.165) is 30.6 Å². The summed E-state index contributed by atoms with van der Waals surface area (Å²) in [5.74, 6) is 0.929. The van der Waals surface area contributed by atoms with Gasteiger partial charge in [0.2, 0.25) is 5.95 Å². The van der Waals surface area contributed by atoms with E-state index in [0.29, 0.717) is 30.4 Å². The molecule has 2 heterocycles. The maximum atomic E-state index is 12.7. The van der Waals surface area contributed by atoms with E-state index in [1.165, 1.54) is 0 Å². The van der Waals surface area contributed by atoms with Crippen LogP contribution in [0.2, 0.25) is 0 Å². The maximum Gasteiger partial charge on any atom is 0.338 e. The van der Waals surface area contributed by atoms with E-state index in [4.69, 9.17) is 9.47 Å². The summed E-state index contributed by atoms with van der Waals surface area (Å²) in [6.07, 6.45) is 2.86. The number of anilines is 1. The van der Waals surface area contributed by atoms with Crippen LogP contribution < -0.4 is 10.1 Å². The summed E-state index contributed by atoms with van der Waals surface area (Å²) in [4.78, 5) is 12.7. The minimum atomic E-state index is -0.453. The molecule has 0 amide bonds. The quantitative estimate of drug-likeness (QED) is 0.563. The first-order valence-corrected chi connectivity index (χ1v) is 9.31. The van der Waals surface area contributed by atoms with E-state index in [2.05, 4.69) is 27.8 Å². The molecule has 144 valence electrons. The Morgan fingerprint density at radius 1 is 1.19 bits per heavy atom. The number of carbonyl (C=O) groups excluding carboxylic acids is 1. The van der Waals surface area contributed by atoms with Gasteiger partial charge in [0.05, 0.1) is 18.8 Å². The van der Waals surface area contributed by atoms with Crippen LogP contribution in [0.3, 0.4) is 0 Å². The van der Waals surface area contributed by atoms with Crippen molar-refractivity contribution in [3.63, 3.8) is 0 Å². The number of hydrogen-bond acceptors (Lipinski definition) is 7. The van der Waals surface area contributed by atoms with Crippen molar-refractivity contribution >= 4 is 11.9 Å². The minimum Gasteiger partial charge on any atom is -0.494 e. The molecule has 0 aliphatic carbocycles. The number of nitrogens with zero attached hydrogens (tertiary/aromatic N) is 4. The first-order chi connectivity index (χ1) is 13.2. The summed E-state index contributed by atoms with van der Waals surface area (Å²) in [7, 11) is 0. The predicted octanol–water partition coefficient (Wildman–Crippen LogP) is 3.09. The Hall–Kier alpha value is -2.90. The van der Waals surface area contributed by atoms with Gasteiger partial charge in [-0.25, -0.2) is 4.79 Å². The maximum absolute atomic E-state index is 12.7. The Morgan fingerprint density at radius 3 is 2.67 bits per heavy atom. The number of ether oxygens (including phenoxy) is 2. The molecular formula is C19H25N5O3. The highest BCUT2D eigenvalue weighted by Gasteiger charge is 2.34. The van der Waals surface area contributed by atoms with Crippen molar-refractivity contribution in [1.29, 1.82) is 0 Å². The van der Waals surface area contributed by atoms with Crippen LogP contribution in [0.5, 0.6) is 5.75 Å². The normalized spacial score (nSPS) is 15.9. The number of unbranched alkanes of at least 4 members (excludes halogenated alkanes) is 1. The average Bonchev–Trinajstić information content (AvgIpc) is 3.14. The van der Waals surface area contributed by atoms with E-state index < -0.39 is 6.04 Å². The number of esters is 1. The zero-order chi connectivity index (χ0) is 19.2. The molecule has 0 saturated carbocycles. The third kappa shape index (κ3) is 4.10. The Balaban J connectivity index is 1.91. The lowest BCUT2D eigenvalue weighted by atomic mass is 9.96. The lowest BCUT2D eigenvalue weighted by Crippen LogP contribution is -2.29. The standard InChI is InChI=1S/C19H25N5O3/c1-4-6-12-26-15-9-7-14(8-10-15)17-16(18(25)27-11-5-2)13(3)20-19-21-22-23-24(17)19/h7-10,17H,4-6,11-12H2,1-3H3,(H,20,21,23). The molecular weight excluding hydrogens is 346 g/mol. The van der Waals surface area contributed by atoms with E-state index in [1.54, 1.807) is 4.68 Å². The number of rotatable bonds is 8. The first kappa shape index (κ1) is 18.9. The van der Waals surface area contributed by atoms with Crippen molar-refractivity contribution in [1.82, 2.24) is 20.2 Å². The van der Waals surface area contributed by atoms with Crippen LogP contribution in [0.25, 0.3) is 0 Å². The molecule has 0 spiro atoms. The van der Waals surface area contributed by atoms with E-state index in [-0.39, 0.29) is 5.97 Å². The van der Waals surface area contributed by atoms with Crippen molar-refractivity contribution in [2.24, 2.45) is 0 Å². The average molecular weight is 371 g/mol. The number of nitrogens with one attached hydrogen (secondary N) is 1. The number of carbonyl (C=O) groups is 1. The van der Waals surface area contributed by atoms with Crippen molar-refractivity contribution in [2.45, 2.75) is 46.1 Å². The van der Waals surface area contributed by atoms with Gasteiger partial charge in [-0.15, -0.1) is 0 Å². The largest absolute Gasteiger partial charge is 0.494 e. The molecule has 2 aromatic rings. The fourth-order valence-electron chi connectivity index (χ4n) is 2.94. The first-order valence-electron chi connectivity index (χ1n) is 9.31. The number of tetrazole rings is 1. The Kier molecular flexibility index (Phi) is 6.05. The fourth-order valence-corrected chi connectivity index (χ4v) is 2.94. The highest BCUT2D eigenvalue weighted by molar-refractivity contribution is 5.92. The third-order valence-electron chi connectivity index (χ3n) is 4.33. The van der Waals surface area contributed by atoms with Gasteiger partial charge in [0.25, 0.3) is 0 Å². The van der Waals surface area contributed by atoms with Gasteiger partial charge in [-0.05, 0) is 47.9 Å². The second-order valence-corrected chi connectivity index (χ2v) is 6.42. The number of aromatic nitrogens is 4. The molecule has 0 fully saturated rings. The molecule has 1 N–H and O–H groups in total. The van der Waals surface area contributed by atoms with Crippen LogP contribution >= 0.6 is 0 Å². The number of allylic oxidation sites excluding steroid dienone is 1. The molecule has 1 aromatic carbocycles. The molecule has 1 aliphatic rings. The zero-order valence-electron chi connectivity index (χ0n) is 15.9. The van der Waals surface area contributed by atoms with Gasteiger partial charge in [-0.1, -0.05) is 37.5 Å². The topological polar surface area (TPSA) is 91.2 Å². The van der Waals surface area contributed by atoms with Crippen molar-refractivity contribution < 1.29 is 14.3 Å². The van der Waals surface area contributed by atoms with Gasteiger partial charge in [0.1, 0.15) is 11.8 Å². The van der Waals surface area contributed by atoms with Crippen LogP contribution in [0.1, 0.15) is 51.6 Å². The van der Waals surface area contributed by atoms with Gasteiger partial charge in [0.15, 0.2) is 0 Å². The van der Waals surface area contributed by atoms with E-state index in [1.807, 2.05) is 38.1 Å². The lowest BCUT2D eigenvalue weighted by Gasteiger charge is -2.27. The molecule has 27 heavy (non-hydrogen) atoms.